The molecule has 4 nitrogen and oxygen atoms in total. The fourth-order valence-corrected chi connectivity index (χ4v) is 2.85. The number of ether oxygens (including phenoxy) is 2. The average Bonchev–Trinajstić information content (AvgIpc) is 2.53. The van der Waals surface area contributed by atoms with Crippen LogP contribution in [0.2, 0.25) is 0 Å². The van der Waals surface area contributed by atoms with Gasteiger partial charge < -0.3 is 14.4 Å². The molecule has 0 aromatic heterocycles. The maximum absolute atomic E-state index is 12.3. The Morgan fingerprint density at radius 1 is 1.24 bits per heavy atom. The van der Waals surface area contributed by atoms with Crippen LogP contribution in [-0.2, 0) is 4.79 Å². The summed E-state index contributed by atoms with van der Waals surface area (Å²) in [6.45, 7) is 4.15. The Kier molecular flexibility index (Phi) is 4.13. The highest BCUT2D eigenvalue weighted by molar-refractivity contribution is 5.92. The molecule has 0 spiro atoms. The molecule has 0 radical (unpaired) electrons. The minimum atomic E-state index is 0.0945. The Morgan fingerprint density at radius 2 is 2.05 bits per heavy atom. The van der Waals surface area contributed by atoms with E-state index in [1.165, 1.54) is 6.42 Å². The number of carbonyl (C=O) groups excluding carboxylic acids is 1. The summed E-state index contributed by atoms with van der Waals surface area (Å²) in [5.41, 5.74) is 0.956. The first kappa shape index (κ1) is 14.0. The number of hydrogen-bond acceptors (Lipinski definition) is 3. The summed E-state index contributed by atoms with van der Waals surface area (Å²) in [5.74, 6) is 1.62. The van der Waals surface area contributed by atoms with Crippen LogP contribution in [0.5, 0.6) is 11.5 Å². The molecule has 21 heavy (non-hydrogen) atoms. The Bertz CT molecular complexity index is 553. The minimum absolute atomic E-state index is 0.0945. The molecule has 2 aliphatic rings. The van der Waals surface area contributed by atoms with Crippen LogP contribution in [-0.4, -0.2) is 36.6 Å². The van der Waals surface area contributed by atoms with Crippen molar-refractivity contribution >= 4 is 12.0 Å². The van der Waals surface area contributed by atoms with Crippen molar-refractivity contribution in [1.29, 1.82) is 0 Å². The molecule has 0 N–H and O–H groups in total. The fraction of sp³-hybridized carbons (Fsp3) is 0.471. The number of amides is 1. The maximum Gasteiger partial charge on any atom is 0.246 e. The van der Waals surface area contributed by atoms with Crippen LogP contribution < -0.4 is 9.47 Å². The number of fused-ring (bicyclic) bond motifs is 1. The van der Waals surface area contributed by atoms with Crippen LogP contribution >= 0.6 is 0 Å². The number of benzene rings is 1. The number of rotatable bonds is 2. The molecule has 3 rings (SSSR count). The molecule has 0 bridgehead atoms. The van der Waals surface area contributed by atoms with E-state index in [0.717, 1.165) is 36.4 Å². The summed E-state index contributed by atoms with van der Waals surface area (Å²) >= 11 is 0. The number of hydrogen-bond donors (Lipinski definition) is 0. The molecule has 0 aliphatic carbocycles. The summed E-state index contributed by atoms with van der Waals surface area (Å²) in [4.78, 5) is 14.2. The Balaban J connectivity index is 1.69. The normalized spacial score (nSPS) is 21.6. The lowest BCUT2D eigenvalue weighted by molar-refractivity contribution is -0.129. The Morgan fingerprint density at radius 3 is 2.86 bits per heavy atom. The van der Waals surface area contributed by atoms with Gasteiger partial charge in [0.15, 0.2) is 11.5 Å². The second kappa shape index (κ2) is 6.20. The van der Waals surface area contributed by atoms with Gasteiger partial charge in [-0.15, -0.1) is 0 Å². The molecular weight excluding hydrogens is 266 g/mol. The van der Waals surface area contributed by atoms with Gasteiger partial charge in [-0.05, 0) is 50.0 Å². The highest BCUT2D eigenvalue weighted by atomic mass is 16.6. The van der Waals surface area contributed by atoms with Crippen molar-refractivity contribution in [2.45, 2.75) is 32.2 Å². The van der Waals surface area contributed by atoms with Crippen LogP contribution in [0.25, 0.3) is 6.08 Å². The topological polar surface area (TPSA) is 38.8 Å². The van der Waals surface area contributed by atoms with Gasteiger partial charge in [-0.25, -0.2) is 0 Å². The van der Waals surface area contributed by atoms with E-state index in [4.69, 9.17) is 9.47 Å². The van der Waals surface area contributed by atoms with E-state index in [1.54, 1.807) is 6.08 Å². The lowest BCUT2D eigenvalue weighted by Gasteiger charge is -2.32. The molecule has 112 valence electrons. The van der Waals surface area contributed by atoms with Gasteiger partial charge >= 0.3 is 0 Å². The summed E-state index contributed by atoms with van der Waals surface area (Å²) in [6, 6.07) is 6.09. The van der Waals surface area contributed by atoms with Crippen molar-refractivity contribution < 1.29 is 14.3 Å². The first-order chi connectivity index (χ1) is 10.2. The average molecular weight is 287 g/mol. The molecular formula is C17H21NO3. The van der Waals surface area contributed by atoms with Gasteiger partial charge in [0.25, 0.3) is 0 Å². The third-order valence-corrected chi connectivity index (χ3v) is 4.07. The second-order valence-electron chi connectivity index (χ2n) is 5.61. The van der Waals surface area contributed by atoms with E-state index in [-0.39, 0.29) is 5.91 Å². The molecule has 4 heteroatoms. The fourth-order valence-electron chi connectivity index (χ4n) is 2.85. The molecule has 0 saturated carbocycles. The zero-order chi connectivity index (χ0) is 14.7. The lowest BCUT2D eigenvalue weighted by Crippen LogP contribution is -2.41. The lowest BCUT2D eigenvalue weighted by atomic mass is 10.0. The van der Waals surface area contributed by atoms with Gasteiger partial charge in [0.05, 0.1) is 0 Å². The quantitative estimate of drug-likeness (QED) is 0.785. The van der Waals surface area contributed by atoms with Crippen LogP contribution in [0.4, 0.5) is 0 Å². The van der Waals surface area contributed by atoms with Gasteiger partial charge in [-0.3, -0.25) is 4.79 Å². The van der Waals surface area contributed by atoms with Crippen molar-refractivity contribution in [3.05, 3.63) is 29.8 Å². The third-order valence-electron chi connectivity index (χ3n) is 4.07. The third kappa shape index (κ3) is 3.20. The van der Waals surface area contributed by atoms with Gasteiger partial charge in [0.1, 0.15) is 13.2 Å². The van der Waals surface area contributed by atoms with Crippen LogP contribution in [0, 0.1) is 0 Å². The number of carbonyl (C=O) groups is 1. The standard InChI is InChI=1S/C17H21NO3/c1-13-4-2-3-9-18(13)17(19)8-6-14-5-7-15-16(12-14)21-11-10-20-15/h5-8,12-13H,2-4,9-11H2,1H3. The van der Waals surface area contributed by atoms with Crippen molar-refractivity contribution in [1.82, 2.24) is 4.90 Å². The molecule has 1 amide bonds. The van der Waals surface area contributed by atoms with Gasteiger partial charge in [0, 0.05) is 18.7 Å². The van der Waals surface area contributed by atoms with Crippen molar-refractivity contribution in [2.24, 2.45) is 0 Å². The second-order valence-corrected chi connectivity index (χ2v) is 5.61. The molecule has 1 unspecified atom stereocenters. The zero-order valence-corrected chi connectivity index (χ0v) is 12.4. The van der Waals surface area contributed by atoms with Crippen molar-refractivity contribution in [3.63, 3.8) is 0 Å². The monoisotopic (exact) mass is 287 g/mol. The molecule has 2 heterocycles. The first-order valence-corrected chi connectivity index (χ1v) is 7.62. The largest absolute Gasteiger partial charge is 0.486 e. The highest BCUT2D eigenvalue weighted by Crippen LogP contribution is 2.31. The molecule has 1 aromatic rings. The molecule has 2 aliphatic heterocycles. The number of piperidine rings is 1. The van der Waals surface area contributed by atoms with Crippen molar-refractivity contribution in [3.8, 4) is 11.5 Å². The van der Waals surface area contributed by atoms with Crippen LogP contribution in [0.1, 0.15) is 31.7 Å². The molecule has 1 aromatic carbocycles. The molecule has 1 fully saturated rings. The maximum atomic E-state index is 12.3. The minimum Gasteiger partial charge on any atom is -0.486 e. The van der Waals surface area contributed by atoms with E-state index in [1.807, 2.05) is 29.2 Å². The predicted octanol–water partition coefficient (Wildman–Crippen LogP) is 2.87. The first-order valence-electron chi connectivity index (χ1n) is 7.62. The number of likely N-dealkylation sites (tertiary alicyclic amines) is 1. The molecule has 1 atom stereocenters. The smallest absolute Gasteiger partial charge is 0.246 e. The highest BCUT2D eigenvalue weighted by Gasteiger charge is 2.21. The zero-order valence-electron chi connectivity index (χ0n) is 12.4. The van der Waals surface area contributed by atoms with E-state index in [9.17, 15) is 4.79 Å². The van der Waals surface area contributed by atoms with E-state index >= 15 is 0 Å². The number of nitrogens with zero attached hydrogens (tertiary/aromatic N) is 1. The van der Waals surface area contributed by atoms with Crippen LogP contribution in [0.3, 0.4) is 0 Å². The van der Waals surface area contributed by atoms with Crippen LogP contribution in [0.15, 0.2) is 24.3 Å². The SMILES string of the molecule is CC1CCCCN1C(=O)C=Cc1ccc2c(c1)OCCO2. The van der Waals surface area contributed by atoms with E-state index < -0.39 is 0 Å². The summed E-state index contributed by atoms with van der Waals surface area (Å²) in [6.07, 6.45) is 6.93. The van der Waals surface area contributed by atoms with Gasteiger partial charge in [0.2, 0.25) is 5.91 Å². The Hall–Kier alpha value is -1.97. The van der Waals surface area contributed by atoms with Gasteiger partial charge in [-0.2, -0.15) is 0 Å². The predicted molar refractivity (Wildman–Crippen MR) is 81.5 cm³/mol. The summed E-state index contributed by atoms with van der Waals surface area (Å²) in [7, 11) is 0. The van der Waals surface area contributed by atoms with Crippen molar-refractivity contribution in [2.75, 3.05) is 19.8 Å². The summed E-state index contributed by atoms with van der Waals surface area (Å²) < 4.78 is 11.0. The summed E-state index contributed by atoms with van der Waals surface area (Å²) in [5, 5.41) is 0. The van der Waals surface area contributed by atoms with E-state index in [0.29, 0.717) is 19.3 Å². The Labute approximate surface area is 125 Å². The molecule has 1 saturated heterocycles. The van der Waals surface area contributed by atoms with E-state index in [2.05, 4.69) is 6.92 Å². The van der Waals surface area contributed by atoms with Gasteiger partial charge in [-0.1, -0.05) is 6.07 Å².